The Kier molecular flexibility index (Phi) is 6.01. The van der Waals surface area contributed by atoms with Crippen molar-refractivity contribution >= 4 is 11.4 Å². The molecular weight excluding hydrogens is 338 g/mol. The highest BCUT2D eigenvalue weighted by molar-refractivity contribution is 5.72. The zero-order valence-corrected chi connectivity index (χ0v) is 16.4. The molecule has 2 unspecified atom stereocenters. The number of piperazine rings is 1. The molecule has 1 aromatic rings. The van der Waals surface area contributed by atoms with Gasteiger partial charge in [-0.05, 0) is 20.9 Å². The predicted molar refractivity (Wildman–Crippen MR) is 104 cm³/mol. The summed E-state index contributed by atoms with van der Waals surface area (Å²) in [7, 11) is 2.16. The van der Waals surface area contributed by atoms with E-state index >= 15 is 0 Å². The standard InChI is InChI=1S/C21H27N5O/c1-16-14-26(15-17(2)27-16)21(25-10-8-24(3)9-11-25)19-6-4-18(5-7-19)20(12-22)13-23/h4-7,16-17H,8-11,14-15H2,1-3H3. The van der Waals surface area contributed by atoms with Crippen molar-refractivity contribution in [2.45, 2.75) is 26.1 Å². The van der Waals surface area contributed by atoms with Gasteiger partial charge in [0.05, 0.1) is 12.2 Å². The van der Waals surface area contributed by atoms with Crippen molar-refractivity contribution in [2.75, 3.05) is 46.3 Å². The number of ether oxygens (including phenoxy) is 1. The van der Waals surface area contributed by atoms with Crippen LogP contribution in [-0.2, 0) is 4.74 Å². The molecule has 0 aliphatic carbocycles. The molecule has 27 heavy (non-hydrogen) atoms. The van der Waals surface area contributed by atoms with E-state index < -0.39 is 0 Å². The zero-order chi connectivity index (χ0) is 19.4. The molecule has 6 nitrogen and oxygen atoms in total. The molecule has 142 valence electrons. The average molecular weight is 365 g/mol. The number of benzene rings is 1. The van der Waals surface area contributed by atoms with Crippen LogP contribution in [0.1, 0.15) is 13.8 Å². The highest BCUT2D eigenvalue weighted by Crippen LogP contribution is 2.20. The van der Waals surface area contributed by atoms with Gasteiger partial charge in [-0.1, -0.05) is 24.3 Å². The van der Waals surface area contributed by atoms with Crippen LogP contribution < -0.4 is 10.4 Å². The quantitative estimate of drug-likeness (QED) is 0.751. The second-order valence-corrected chi connectivity index (χ2v) is 7.45. The molecule has 0 saturated carbocycles. The van der Waals surface area contributed by atoms with Crippen molar-refractivity contribution in [3.8, 4) is 12.1 Å². The van der Waals surface area contributed by atoms with Gasteiger partial charge in [-0.25, -0.2) is 0 Å². The first kappa shape index (κ1) is 19.2. The van der Waals surface area contributed by atoms with Crippen LogP contribution in [-0.4, -0.2) is 73.2 Å². The summed E-state index contributed by atoms with van der Waals surface area (Å²) in [5.74, 6) is 1.23. The number of rotatable bonds is 2. The molecule has 3 rings (SSSR count). The van der Waals surface area contributed by atoms with E-state index in [1.807, 2.05) is 36.4 Å². The van der Waals surface area contributed by atoms with Crippen LogP contribution in [0.15, 0.2) is 24.3 Å². The highest BCUT2D eigenvalue weighted by atomic mass is 16.5. The van der Waals surface area contributed by atoms with Gasteiger partial charge in [0.25, 0.3) is 0 Å². The smallest absolute Gasteiger partial charge is 0.136 e. The molecule has 2 heterocycles. The van der Waals surface area contributed by atoms with E-state index in [1.54, 1.807) is 0 Å². The lowest BCUT2D eigenvalue weighted by atomic mass is 10.1. The first-order chi connectivity index (χ1) is 13.0. The van der Waals surface area contributed by atoms with Crippen LogP contribution >= 0.6 is 0 Å². The number of likely N-dealkylation sites (N-methyl/N-ethyl adjacent to an activating group) is 1. The lowest BCUT2D eigenvalue weighted by Gasteiger charge is -2.44. The lowest BCUT2D eigenvalue weighted by Crippen LogP contribution is -2.53. The van der Waals surface area contributed by atoms with Gasteiger partial charge < -0.3 is 19.4 Å². The molecule has 0 spiro atoms. The number of nitrogens with zero attached hydrogens (tertiary/aromatic N) is 5. The van der Waals surface area contributed by atoms with E-state index in [-0.39, 0.29) is 17.8 Å². The van der Waals surface area contributed by atoms with Gasteiger partial charge in [0.1, 0.15) is 23.5 Å². The first-order valence-corrected chi connectivity index (χ1v) is 9.50. The Balaban J connectivity index is 2.06. The molecule has 1 aromatic carbocycles. The van der Waals surface area contributed by atoms with Gasteiger partial charge in [0, 0.05) is 49.7 Å². The molecule has 0 N–H and O–H groups in total. The molecule has 0 aromatic heterocycles. The SMILES string of the molecule is CC1CN(C(=c2ccc(=C(C#N)C#N)cc2)N2CCN(C)CC2)CC(C)O1. The van der Waals surface area contributed by atoms with E-state index in [2.05, 4.69) is 35.6 Å². The molecule has 2 aliphatic rings. The van der Waals surface area contributed by atoms with Crippen molar-refractivity contribution in [1.82, 2.24) is 14.7 Å². The summed E-state index contributed by atoms with van der Waals surface area (Å²) >= 11 is 0. The average Bonchev–Trinajstić information content (AvgIpc) is 2.65. The van der Waals surface area contributed by atoms with Crippen LogP contribution in [0.2, 0.25) is 0 Å². The van der Waals surface area contributed by atoms with Gasteiger partial charge in [-0.3, -0.25) is 0 Å². The first-order valence-electron chi connectivity index (χ1n) is 9.50. The number of morpholine rings is 1. The largest absolute Gasteiger partial charge is 0.372 e. The van der Waals surface area contributed by atoms with Gasteiger partial charge in [0.2, 0.25) is 0 Å². The third-order valence-electron chi connectivity index (χ3n) is 5.18. The van der Waals surface area contributed by atoms with Crippen molar-refractivity contribution in [3.63, 3.8) is 0 Å². The monoisotopic (exact) mass is 365 g/mol. The number of hydrogen-bond acceptors (Lipinski definition) is 6. The molecule has 0 amide bonds. The van der Waals surface area contributed by atoms with Gasteiger partial charge in [-0.15, -0.1) is 0 Å². The molecule has 2 aliphatic heterocycles. The summed E-state index contributed by atoms with van der Waals surface area (Å²) in [6, 6.07) is 11.7. The minimum Gasteiger partial charge on any atom is -0.372 e. The minimum absolute atomic E-state index is 0.149. The van der Waals surface area contributed by atoms with Gasteiger partial charge in [0.15, 0.2) is 0 Å². The van der Waals surface area contributed by atoms with Gasteiger partial charge >= 0.3 is 0 Å². The molecule has 0 bridgehead atoms. The van der Waals surface area contributed by atoms with Crippen molar-refractivity contribution in [1.29, 1.82) is 10.5 Å². The summed E-state index contributed by atoms with van der Waals surface area (Å²) in [5.41, 5.74) is 0.149. The van der Waals surface area contributed by atoms with Crippen LogP contribution in [0.25, 0.3) is 11.4 Å². The normalized spacial score (nSPS) is 23.4. The topological polar surface area (TPSA) is 66.5 Å². The Labute approximate surface area is 161 Å². The third-order valence-corrected chi connectivity index (χ3v) is 5.18. The second-order valence-electron chi connectivity index (χ2n) is 7.45. The number of nitriles is 2. The Bertz CT molecular complexity index is 824. The zero-order valence-electron chi connectivity index (χ0n) is 16.4. The molecule has 6 heteroatoms. The van der Waals surface area contributed by atoms with E-state index in [0.717, 1.165) is 44.5 Å². The molecule has 0 radical (unpaired) electrons. The summed E-state index contributed by atoms with van der Waals surface area (Å²) in [6.07, 6.45) is 0.375. The second kappa shape index (κ2) is 8.43. The maximum absolute atomic E-state index is 9.10. The van der Waals surface area contributed by atoms with E-state index in [4.69, 9.17) is 15.3 Å². The third kappa shape index (κ3) is 4.42. The Morgan fingerprint density at radius 2 is 1.41 bits per heavy atom. The Morgan fingerprint density at radius 3 is 1.93 bits per heavy atom. The van der Waals surface area contributed by atoms with Gasteiger partial charge in [-0.2, -0.15) is 10.5 Å². The summed E-state index contributed by atoms with van der Waals surface area (Å²) < 4.78 is 5.93. The van der Waals surface area contributed by atoms with Crippen LogP contribution in [0.3, 0.4) is 0 Å². The highest BCUT2D eigenvalue weighted by Gasteiger charge is 2.28. The lowest BCUT2D eigenvalue weighted by molar-refractivity contribution is -0.0564. The van der Waals surface area contributed by atoms with E-state index in [1.165, 1.54) is 5.82 Å². The van der Waals surface area contributed by atoms with E-state index in [0.29, 0.717) is 5.22 Å². The van der Waals surface area contributed by atoms with Crippen molar-refractivity contribution < 1.29 is 4.74 Å². The predicted octanol–water partition coefficient (Wildman–Crippen LogP) is 0.307. The molecule has 2 fully saturated rings. The number of hydrogen-bond donors (Lipinski definition) is 0. The van der Waals surface area contributed by atoms with E-state index in [9.17, 15) is 0 Å². The fraction of sp³-hybridized carbons (Fsp3) is 0.524. The maximum Gasteiger partial charge on any atom is 0.136 e. The fourth-order valence-corrected chi connectivity index (χ4v) is 3.87. The van der Waals surface area contributed by atoms with Crippen molar-refractivity contribution in [3.05, 3.63) is 34.7 Å². The van der Waals surface area contributed by atoms with Crippen LogP contribution in [0, 0.1) is 22.7 Å². The summed E-state index contributed by atoms with van der Waals surface area (Å²) in [5, 5.41) is 20.0. The maximum atomic E-state index is 9.10. The minimum atomic E-state index is 0.149. The van der Waals surface area contributed by atoms with Crippen molar-refractivity contribution in [2.24, 2.45) is 0 Å². The molecular formula is C21H27N5O. The fourth-order valence-electron chi connectivity index (χ4n) is 3.87. The Hall–Kier alpha value is -2.54. The Morgan fingerprint density at radius 1 is 0.889 bits per heavy atom. The molecule has 2 atom stereocenters. The molecule has 2 saturated heterocycles. The van der Waals surface area contributed by atoms with Crippen LogP contribution in [0.5, 0.6) is 0 Å². The summed E-state index contributed by atoms with van der Waals surface area (Å²) in [4.78, 5) is 7.24. The van der Waals surface area contributed by atoms with Crippen LogP contribution in [0.4, 0.5) is 0 Å². The summed E-state index contributed by atoms with van der Waals surface area (Å²) in [6.45, 7) is 10.0.